The summed E-state index contributed by atoms with van der Waals surface area (Å²) in [4.78, 5) is 4.25. The minimum Gasteiger partial charge on any atom is -0.293 e. The molecular weight excluding hydrogens is 256 g/mol. The van der Waals surface area contributed by atoms with Crippen molar-refractivity contribution in [1.82, 2.24) is 19.7 Å². The zero-order valence-electron chi connectivity index (χ0n) is 9.86. The second-order valence-corrected chi connectivity index (χ2v) is 5.54. The van der Waals surface area contributed by atoms with E-state index >= 15 is 0 Å². The van der Waals surface area contributed by atoms with Crippen LogP contribution < -0.4 is 0 Å². The molecular formula is C11H13ClN4S. The summed E-state index contributed by atoms with van der Waals surface area (Å²) in [5, 5.41) is 7.62. The van der Waals surface area contributed by atoms with E-state index < -0.39 is 0 Å². The van der Waals surface area contributed by atoms with Crippen molar-refractivity contribution in [1.29, 1.82) is 0 Å². The number of halogens is 1. The van der Waals surface area contributed by atoms with Crippen molar-refractivity contribution in [2.45, 2.75) is 26.3 Å². The van der Waals surface area contributed by atoms with Crippen LogP contribution in [0.4, 0.5) is 0 Å². The predicted octanol–water partition coefficient (Wildman–Crippen LogP) is 3.41. The number of aromatic nitrogens is 4. The Kier molecular flexibility index (Phi) is 3.05. The standard InChI is InChI=1S/C11H13ClN4S/c1-11(2,3)16-9(14-15-10(16)17)8-5-4-7(12)6-13-8/h4-6H,1-3H3,(H,15,17). The molecule has 0 fully saturated rings. The molecule has 0 atom stereocenters. The molecule has 0 saturated heterocycles. The van der Waals surface area contributed by atoms with Crippen molar-refractivity contribution in [2.75, 3.05) is 0 Å². The van der Waals surface area contributed by atoms with Crippen molar-refractivity contribution in [2.24, 2.45) is 0 Å². The van der Waals surface area contributed by atoms with Crippen LogP contribution in [0.5, 0.6) is 0 Å². The first kappa shape index (κ1) is 12.3. The highest BCUT2D eigenvalue weighted by Gasteiger charge is 2.20. The van der Waals surface area contributed by atoms with Crippen molar-refractivity contribution >= 4 is 23.8 Å². The number of hydrogen-bond acceptors (Lipinski definition) is 3. The third-order valence-electron chi connectivity index (χ3n) is 2.30. The molecule has 17 heavy (non-hydrogen) atoms. The molecule has 0 saturated carbocycles. The van der Waals surface area contributed by atoms with Gasteiger partial charge in [0.25, 0.3) is 0 Å². The molecule has 0 aliphatic heterocycles. The minimum atomic E-state index is -0.152. The van der Waals surface area contributed by atoms with Gasteiger partial charge in [0, 0.05) is 11.7 Å². The Balaban J connectivity index is 2.61. The van der Waals surface area contributed by atoms with Gasteiger partial charge in [-0.2, -0.15) is 5.10 Å². The molecule has 2 aromatic rings. The van der Waals surface area contributed by atoms with Gasteiger partial charge in [-0.3, -0.25) is 14.6 Å². The van der Waals surface area contributed by atoms with Gasteiger partial charge in [0.1, 0.15) is 5.69 Å². The molecule has 0 unspecified atom stereocenters. The first-order valence-corrected chi connectivity index (χ1v) is 5.98. The Morgan fingerprint density at radius 2 is 2.06 bits per heavy atom. The van der Waals surface area contributed by atoms with E-state index in [-0.39, 0.29) is 5.54 Å². The maximum atomic E-state index is 5.82. The number of hydrogen-bond donors (Lipinski definition) is 1. The number of H-pyrrole nitrogens is 1. The number of nitrogens with one attached hydrogen (secondary N) is 1. The fraction of sp³-hybridized carbons (Fsp3) is 0.364. The largest absolute Gasteiger partial charge is 0.293 e. The molecule has 4 nitrogen and oxygen atoms in total. The molecule has 0 aliphatic carbocycles. The average Bonchev–Trinajstić information content (AvgIpc) is 2.61. The summed E-state index contributed by atoms with van der Waals surface area (Å²) in [6.07, 6.45) is 1.60. The number of aromatic amines is 1. The lowest BCUT2D eigenvalue weighted by molar-refractivity contribution is 0.395. The Bertz CT molecular complexity index is 577. The second-order valence-electron chi connectivity index (χ2n) is 4.72. The molecule has 0 aromatic carbocycles. The topological polar surface area (TPSA) is 46.5 Å². The first-order valence-electron chi connectivity index (χ1n) is 5.19. The van der Waals surface area contributed by atoms with Gasteiger partial charge in [0.05, 0.1) is 5.02 Å². The van der Waals surface area contributed by atoms with Gasteiger partial charge in [0.15, 0.2) is 10.6 Å². The van der Waals surface area contributed by atoms with Crippen molar-refractivity contribution in [3.8, 4) is 11.5 Å². The van der Waals surface area contributed by atoms with Gasteiger partial charge >= 0.3 is 0 Å². The third-order valence-corrected chi connectivity index (χ3v) is 2.80. The summed E-state index contributed by atoms with van der Waals surface area (Å²) in [5.41, 5.74) is 0.595. The molecule has 0 amide bonds. The SMILES string of the molecule is CC(C)(C)n1c(-c2ccc(Cl)cn2)n[nH]c1=S. The maximum absolute atomic E-state index is 5.82. The smallest absolute Gasteiger partial charge is 0.195 e. The van der Waals surface area contributed by atoms with Gasteiger partial charge in [0.2, 0.25) is 0 Å². The molecule has 0 radical (unpaired) electrons. The Labute approximate surface area is 110 Å². The normalized spacial score (nSPS) is 11.8. The van der Waals surface area contributed by atoms with Crippen LogP contribution in [-0.2, 0) is 5.54 Å². The number of nitrogens with zero attached hydrogens (tertiary/aromatic N) is 3. The van der Waals surface area contributed by atoms with Crippen molar-refractivity contribution < 1.29 is 0 Å². The van der Waals surface area contributed by atoms with E-state index in [1.807, 2.05) is 10.6 Å². The van der Waals surface area contributed by atoms with Crippen molar-refractivity contribution in [3.05, 3.63) is 28.1 Å². The van der Waals surface area contributed by atoms with E-state index in [0.29, 0.717) is 9.79 Å². The molecule has 0 aliphatic rings. The van der Waals surface area contributed by atoms with Gasteiger partial charge < -0.3 is 0 Å². The fourth-order valence-electron chi connectivity index (χ4n) is 1.60. The van der Waals surface area contributed by atoms with Crippen LogP contribution in [0.2, 0.25) is 5.02 Å². The fourth-order valence-corrected chi connectivity index (χ4v) is 2.12. The molecule has 2 aromatic heterocycles. The summed E-state index contributed by atoms with van der Waals surface area (Å²) in [6.45, 7) is 6.20. The van der Waals surface area contributed by atoms with Crippen LogP contribution in [0.25, 0.3) is 11.5 Å². The zero-order valence-corrected chi connectivity index (χ0v) is 11.4. The highest BCUT2D eigenvalue weighted by molar-refractivity contribution is 7.71. The van der Waals surface area contributed by atoms with Gasteiger partial charge in [-0.05, 0) is 45.1 Å². The summed E-state index contributed by atoms with van der Waals surface area (Å²) < 4.78 is 2.53. The molecule has 2 heterocycles. The van der Waals surface area contributed by atoms with Crippen LogP contribution in [0.1, 0.15) is 20.8 Å². The maximum Gasteiger partial charge on any atom is 0.195 e. The van der Waals surface area contributed by atoms with Gasteiger partial charge in [-0.25, -0.2) is 0 Å². The summed E-state index contributed by atoms with van der Waals surface area (Å²) in [5.74, 6) is 0.721. The highest BCUT2D eigenvalue weighted by Crippen LogP contribution is 2.23. The van der Waals surface area contributed by atoms with Gasteiger partial charge in [-0.15, -0.1) is 0 Å². The second kappa shape index (κ2) is 4.23. The number of pyridine rings is 1. The Morgan fingerprint density at radius 1 is 1.35 bits per heavy atom. The molecule has 0 bridgehead atoms. The Hall–Kier alpha value is -1.20. The minimum absolute atomic E-state index is 0.152. The van der Waals surface area contributed by atoms with Crippen LogP contribution >= 0.6 is 23.8 Å². The lowest BCUT2D eigenvalue weighted by Gasteiger charge is -2.22. The summed E-state index contributed by atoms with van der Waals surface area (Å²) >= 11 is 11.1. The van der Waals surface area contributed by atoms with E-state index in [2.05, 4.69) is 36.0 Å². The summed E-state index contributed by atoms with van der Waals surface area (Å²) in [6, 6.07) is 3.62. The first-order chi connectivity index (χ1) is 7.89. The predicted molar refractivity (Wildman–Crippen MR) is 70.6 cm³/mol. The third kappa shape index (κ3) is 2.40. The van der Waals surface area contributed by atoms with E-state index in [1.165, 1.54) is 0 Å². The van der Waals surface area contributed by atoms with E-state index in [1.54, 1.807) is 12.3 Å². The van der Waals surface area contributed by atoms with Gasteiger partial charge in [-0.1, -0.05) is 11.6 Å². The molecule has 90 valence electrons. The average molecular weight is 269 g/mol. The van der Waals surface area contributed by atoms with E-state index in [0.717, 1.165) is 11.5 Å². The lowest BCUT2D eigenvalue weighted by atomic mass is 10.1. The molecule has 1 N–H and O–H groups in total. The molecule has 2 rings (SSSR count). The van der Waals surface area contributed by atoms with Crippen LogP contribution in [0, 0.1) is 4.77 Å². The highest BCUT2D eigenvalue weighted by atomic mass is 35.5. The Morgan fingerprint density at radius 3 is 2.59 bits per heavy atom. The van der Waals surface area contributed by atoms with Crippen LogP contribution in [0.3, 0.4) is 0 Å². The molecule has 6 heteroatoms. The summed E-state index contributed by atoms with van der Waals surface area (Å²) in [7, 11) is 0. The monoisotopic (exact) mass is 268 g/mol. The van der Waals surface area contributed by atoms with Crippen LogP contribution in [0.15, 0.2) is 18.3 Å². The number of rotatable bonds is 1. The lowest BCUT2D eigenvalue weighted by Crippen LogP contribution is -2.23. The molecule has 0 spiro atoms. The van der Waals surface area contributed by atoms with Crippen LogP contribution in [-0.4, -0.2) is 19.7 Å². The van der Waals surface area contributed by atoms with E-state index in [4.69, 9.17) is 23.8 Å². The zero-order chi connectivity index (χ0) is 12.6. The van der Waals surface area contributed by atoms with E-state index in [9.17, 15) is 0 Å². The van der Waals surface area contributed by atoms with Crippen molar-refractivity contribution in [3.63, 3.8) is 0 Å². The quantitative estimate of drug-likeness (QED) is 0.806.